The molecule has 0 aliphatic heterocycles. The molecule has 0 radical (unpaired) electrons. The second-order valence-electron chi connectivity index (χ2n) is 4.75. The summed E-state index contributed by atoms with van der Waals surface area (Å²) in [4.78, 5) is 10.9. The van der Waals surface area contributed by atoms with Crippen LogP contribution in [-0.2, 0) is 16.0 Å². The molecule has 3 heteroatoms. The highest BCUT2D eigenvalue weighted by Crippen LogP contribution is 2.12. The predicted octanol–water partition coefficient (Wildman–Crippen LogP) is 3.71. The minimum absolute atomic E-state index is 0.139. The Bertz CT molecular complexity index is 716. The van der Waals surface area contributed by atoms with Crippen LogP contribution in [0, 0.1) is 11.8 Å². The first-order valence-corrected chi connectivity index (χ1v) is 7.34. The molecule has 0 bridgehead atoms. The molecule has 2 aromatic carbocycles. The largest absolute Gasteiger partial charge is 0.457 e. The van der Waals surface area contributed by atoms with Crippen molar-refractivity contribution >= 4 is 5.97 Å². The van der Waals surface area contributed by atoms with Gasteiger partial charge in [0.25, 0.3) is 0 Å². The Morgan fingerprint density at radius 3 is 2.13 bits per heavy atom. The summed E-state index contributed by atoms with van der Waals surface area (Å²) < 4.78 is 10.0. The van der Waals surface area contributed by atoms with Crippen molar-refractivity contribution in [3.05, 3.63) is 77.9 Å². The molecular weight excluding hydrogens is 288 g/mol. The predicted molar refractivity (Wildman–Crippen MR) is 90.0 cm³/mol. The van der Waals surface area contributed by atoms with Crippen molar-refractivity contribution in [1.29, 1.82) is 0 Å². The summed E-state index contributed by atoms with van der Waals surface area (Å²) in [6.07, 6.45) is 2.12. The van der Waals surface area contributed by atoms with E-state index >= 15 is 0 Å². The second kappa shape index (κ2) is 8.45. The topological polar surface area (TPSA) is 35.5 Å². The van der Waals surface area contributed by atoms with Gasteiger partial charge < -0.3 is 9.47 Å². The molecule has 2 rings (SSSR count). The third kappa shape index (κ3) is 5.37. The summed E-state index contributed by atoms with van der Waals surface area (Å²) in [7, 11) is 0. The molecule has 0 saturated carbocycles. The van der Waals surface area contributed by atoms with Crippen LogP contribution in [-0.4, -0.2) is 12.8 Å². The molecule has 0 unspecified atom stereocenters. The number of hydrogen-bond acceptors (Lipinski definition) is 3. The summed E-state index contributed by atoms with van der Waals surface area (Å²) in [5.74, 6) is 6.33. The van der Waals surface area contributed by atoms with Crippen molar-refractivity contribution in [1.82, 2.24) is 0 Å². The fourth-order valence-electron chi connectivity index (χ4n) is 1.82. The van der Waals surface area contributed by atoms with Gasteiger partial charge in [-0.05, 0) is 48.4 Å². The van der Waals surface area contributed by atoms with Crippen LogP contribution in [0.1, 0.15) is 23.6 Å². The SMILES string of the molecule is C=CC(=O)OCOc1ccc(C#Cc2ccc(CC)cc2)cc1. The van der Waals surface area contributed by atoms with Gasteiger partial charge in [-0.3, -0.25) is 0 Å². The summed E-state index contributed by atoms with van der Waals surface area (Å²) in [6.45, 7) is 5.30. The molecule has 116 valence electrons. The first-order chi connectivity index (χ1) is 11.2. The van der Waals surface area contributed by atoms with Crippen LogP contribution in [0.25, 0.3) is 0 Å². The summed E-state index contributed by atoms with van der Waals surface area (Å²) >= 11 is 0. The minimum Gasteiger partial charge on any atom is -0.457 e. The molecule has 0 aliphatic rings. The van der Waals surface area contributed by atoms with Gasteiger partial charge >= 0.3 is 5.97 Å². The Labute approximate surface area is 136 Å². The van der Waals surface area contributed by atoms with Crippen LogP contribution >= 0.6 is 0 Å². The summed E-state index contributed by atoms with van der Waals surface area (Å²) in [5, 5.41) is 0. The Morgan fingerprint density at radius 1 is 1.04 bits per heavy atom. The van der Waals surface area contributed by atoms with Crippen LogP contribution in [0.15, 0.2) is 61.2 Å². The molecule has 0 aliphatic carbocycles. The van der Waals surface area contributed by atoms with Crippen LogP contribution in [0.4, 0.5) is 0 Å². The van der Waals surface area contributed by atoms with Crippen LogP contribution in [0.2, 0.25) is 0 Å². The van der Waals surface area contributed by atoms with E-state index in [1.165, 1.54) is 5.56 Å². The Hall–Kier alpha value is -2.99. The number of aryl methyl sites for hydroxylation is 1. The lowest BCUT2D eigenvalue weighted by Crippen LogP contribution is -2.07. The Balaban J connectivity index is 1.93. The van der Waals surface area contributed by atoms with Gasteiger partial charge in [0, 0.05) is 17.2 Å². The maximum Gasteiger partial charge on any atom is 0.333 e. The van der Waals surface area contributed by atoms with Crippen LogP contribution < -0.4 is 4.74 Å². The van der Waals surface area contributed by atoms with Gasteiger partial charge in [-0.25, -0.2) is 4.79 Å². The van der Waals surface area contributed by atoms with Gasteiger partial charge in [0.15, 0.2) is 0 Å². The smallest absolute Gasteiger partial charge is 0.333 e. The van der Waals surface area contributed by atoms with E-state index < -0.39 is 5.97 Å². The van der Waals surface area contributed by atoms with Crippen molar-refractivity contribution in [3.63, 3.8) is 0 Å². The molecule has 23 heavy (non-hydrogen) atoms. The number of carbonyl (C=O) groups is 1. The number of ether oxygens (including phenoxy) is 2. The molecule has 0 amide bonds. The zero-order chi connectivity index (χ0) is 16.5. The fraction of sp³-hybridized carbons (Fsp3) is 0.150. The van der Waals surface area contributed by atoms with E-state index in [0.29, 0.717) is 5.75 Å². The number of hydrogen-bond donors (Lipinski definition) is 0. The molecule has 3 nitrogen and oxygen atoms in total. The monoisotopic (exact) mass is 306 g/mol. The lowest BCUT2D eigenvalue weighted by molar-refractivity contribution is -0.144. The second-order valence-corrected chi connectivity index (χ2v) is 4.75. The number of esters is 1. The van der Waals surface area contributed by atoms with Gasteiger partial charge in [0.2, 0.25) is 6.79 Å². The minimum atomic E-state index is -0.512. The maximum atomic E-state index is 10.9. The molecule has 0 aromatic heterocycles. The van der Waals surface area contributed by atoms with Gasteiger partial charge in [0.1, 0.15) is 5.75 Å². The molecule has 0 heterocycles. The van der Waals surface area contributed by atoms with Crippen molar-refractivity contribution < 1.29 is 14.3 Å². The molecule has 0 N–H and O–H groups in total. The Kier molecular flexibility index (Phi) is 6.02. The van der Waals surface area contributed by atoms with E-state index in [2.05, 4.69) is 37.5 Å². The first-order valence-electron chi connectivity index (χ1n) is 7.34. The van der Waals surface area contributed by atoms with E-state index in [0.717, 1.165) is 23.6 Å². The lowest BCUT2D eigenvalue weighted by atomic mass is 10.1. The number of benzene rings is 2. The van der Waals surface area contributed by atoms with Crippen molar-refractivity contribution in [2.24, 2.45) is 0 Å². The zero-order valence-electron chi connectivity index (χ0n) is 13.0. The van der Waals surface area contributed by atoms with Crippen molar-refractivity contribution in [3.8, 4) is 17.6 Å². The average Bonchev–Trinajstić information content (AvgIpc) is 2.61. The first kappa shape index (κ1) is 16.4. The van der Waals surface area contributed by atoms with E-state index in [1.807, 2.05) is 24.3 Å². The van der Waals surface area contributed by atoms with Gasteiger partial charge in [-0.1, -0.05) is 37.5 Å². The Morgan fingerprint density at radius 2 is 1.61 bits per heavy atom. The molecular formula is C20H18O3. The molecule has 2 aromatic rings. The van der Waals surface area contributed by atoms with Crippen molar-refractivity contribution in [2.75, 3.05) is 6.79 Å². The number of rotatable bonds is 5. The van der Waals surface area contributed by atoms with Gasteiger partial charge in [-0.15, -0.1) is 0 Å². The normalized spacial score (nSPS) is 9.43. The maximum absolute atomic E-state index is 10.9. The molecule has 0 spiro atoms. The molecule has 0 saturated heterocycles. The third-order valence-electron chi connectivity index (χ3n) is 3.16. The fourth-order valence-corrected chi connectivity index (χ4v) is 1.82. The molecule has 0 atom stereocenters. The van der Waals surface area contributed by atoms with Crippen LogP contribution in [0.3, 0.4) is 0 Å². The average molecular weight is 306 g/mol. The quantitative estimate of drug-likeness (QED) is 0.365. The zero-order valence-corrected chi connectivity index (χ0v) is 13.0. The van der Waals surface area contributed by atoms with Gasteiger partial charge in [0.05, 0.1) is 0 Å². The third-order valence-corrected chi connectivity index (χ3v) is 3.16. The highest BCUT2D eigenvalue weighted by atomic mass is 16.7. The van der Waals surface area contributed by atoms with E-state index in [-0.39, 0.29) is 6.79 Å². The molecule has 0 fully saturated rings. The van der Waals surface area contributed by atoms with Gasteiger partial charge in [-0.2, -0.15) is 0 Å². The van der Waals surface area contributed by atoms with Crippen molar-refractivity contribution in [2.45, 2.75) is 13.3 Å². The lowest BCUT2D eigenvalue weighted by Gasteiger charge is -2.05. The summed E-state index contributed by atoms with van der Waals surface area (Å²) in [5.41, 5.74) is 3.17. The van der Waals surface area contributed by atoms with E-state index in [1.54, 1.807) is 12.1 Å². The number of carbonyl (C=O) groups excluding carboxylic acids is 1. The van der Waals surface area contributed by atoms with E-state index in [9.17, 15) is 4.79 Å². The summed E-state index contributed by atoms with van der Waals surface area (Å²) in [6, 6.07) is 15.5. The highest BCUT2D eigenvalue weighted by molar-refractivity contribution is 5.81. The standard InChI is InChI=1S/C20H18O3/c1-3-16-5-7-17(8-6-16)9-10-18-11-13-19(14-12-18)22-15-23-20(21)4-2/h4-8,11-14H,2-3,15H2,1H3. The van der Waals surface area contributed by atoms with Crippen LogP contribution in [0.5, 0.6) is 5.75 Å². The van der Waals surface area contributed by atoms with E-state index in [4.69, 9.17) is 9.47 Å². The highest BCUT2D eigenvalue weighted by Gasteiger charge is 1.97.